The summed E-state index contributed by atoms with van der Waals surface area (Å²) in [5, 5.41) is 5.27. The zero-order chi connectivity index (χ0) is 19.4. The molecule has 5 heteroatoms. The molecule has 0 saturated carbocycles. The maximum absolute atomic E-state index is 12.5. The Morgan fingerprint density at radius 1 is 1.11 bits per heavy atom. The van der Waals surface area contributed by atoms with Crippen molar-refractivity contribution in [1.29, 1.82) is 0 Å². The molecule has 0 spiro atoms. The highest BCUT2D eigenvalue weighted by molar-refractivity contribution is 6.31. The van der Waals surface area contributed by atoms with E-state index in [-0.39, 0.29) is 5.91 Å². The third-order valence-electron chi connectivity index (χ3n) is 4.48. The Bertz CT molecular complexity index is 976. The number of halogens is 1. The van der Waals surface area contributed by atoms with Crippen molar-refractivity contribution in [1.82, 2.24) is 14.7 Å². The normalized spacial score (nSPS) is 11.1. The number of carbonyl (C=O) groups is 1. The first-order valence-electron chi connectivity index (χ1n) is 8.75. The number of carbonyl (C=O) groups excluding carboxylic acids is 1. The molecule has 0 bridgehead atoms. The monoisotopic (exact) mass is 379 g/mol. The Morgan fingerprint density at radius 3 is 2.48 bits per heavy atom. The fourth-order valence-corrected chi connectivity index (χ4v) is 3.15. The van der Waals surface area contributed by atoms with Crippen molar-refractivity contribution < 1.29 is 4.79 Å². The van der Waals surface area contributed by atoms with Crippen LogP contribution in [0.2, 0.25) is 5.02 Å². The minimum atomic E-state index is -0.0822. The van der Waals surface area contributed by atoms with Gasteiger partial charge in [-0.3, -0.25) is 4.79 Å². The molecule has 3 rings (SSSR count). The van der Waals surface area contributed by atoms with Crippen molar-refractivity contribution >= 4 is 23.6 Å². The van der Waals surface area contributed by atoms with Crippen molar-refractivity contribution in [3.05, 3.63) is 88.2 Å². The molecule has 0 atom stereocenters. The lowest BCUT2D eigenvalue weighted by molar-refractivity contribution is -0.125. The van der Waals surface area contributed by atoms with Gasteiger partial charge in [0.15, 0.2) is 0 Å². The van der Waals surface area contributed by atoms with E-state index in [4.69, 9.17) is 11.6 Å². The first-order valence-corrected chi connectivity index (χ1v) is 9.13. The largest absolute Gasteiger partial charge is 0.338 e. The van der Waals surface area contributed by atoms with E-state index in [9.17, 15) is 4.79 Å². The Hall–Kier alpha value is -2.85. The van der Waals surface area contributed by atoms with Crippen LogP contribution in [-0.4, -0.2) is 27.6 Å². The van der Waals surface area contributed by atoms with Crippen molar-refractivity contribution in [2.45, 2.75) is 20.4 Å². The molecule has 0 aliphatic heterocycles. The van der Waals surface area contributed by atoms with Gasteiger partial charge in [0.2, 0.25) is 5.91 Å². The summed E-state index contributed by atoms with van der Waals surface area (Å²) in [6.45, 7) is 4.42. The van der Waals surface area contributed by atoms with Crippen LogP contribution in [0.15, 0.2) is 60.7 Å². The fraction of sp³-hybridized carbons (Fsp3) is 0.182. The highest BCUT2D eigenvalue weighted by atomic mass is 35.5. The molecule has 4 nitrogen and oxygen atoms in total. The van der Waals surface area contributed by atoms with Gasteiger partial charge in [0, 0.05) is 35.9 Å². The zero-order valence-electron chi connectivity index (χ0n) is 15.7. The SMILES string of the molecule is Cc1nn(-c2ccccc2)c(C)c1/C=C/C(=O)N(C)Cc1ccccc1Cl. The molecule has 0 radical (unpaired) electrons. The second kappa shape index (κ2) is 8.23. The van der Waals surface area contributed by atoms with Gasteiger partial charge in [-0.05, 0) is 43.7 Å². The molecule has 0 aliphatic carbocycles. The second-order valence-corrected chi connectivity index (χ2v) is 6.86. The standard InChI is InChI=1S/C22H22ClN3O/c1-16-20(17(2)26(24-16)19-10-5-4-6-11-19)13-14-22(27)25(3)15-18-9-7-8-12-21(18)23/h4-14H,15H2,1-3H3/b14-13+. The smallest absolute Gasteiger partial charge is 0.246 e. The van der Waals surface area contributed by atoms with E-state index in [0.29, 0.717) is 11.6 Å². The summed E-state index contributed by atoms with van der Waals surface area (Å²) < 4.78 is 1.90. The van der Waals surface area contributed by atoms with Crippen molar-refractivity contribution in [3.63, 3.8) is 0 Å². The summed E-state index contributed by atoms with van der Waals surface area (Å²) in [5.74, 6) is -0.0822. The molecule has 0 aliphatic rings. The lowest BCUT2D eigenvalue weighted by Gasteiger charge is -2.16. The number of amides is 1. The summed E-state index contributed by atoms with van der Waals surface area (Å²) >= 11 is 6.18. The first-order chi connectivity index (χ1) is 13.0. The number of aromatic nitrogens is 2. The van der Waals surface area contributed by atoms with E-state index < -0.39 is 0 Å². The van der Waals surface area contributed by atoms with Gasteiger partial charge in [-0.1, -0.05) is 48.0 Å². The van der Waals surface area contributed by atoms with E-state index in [1.807, 2.05) is 79.2 Å². The summed E-state index contributed by atoms with van der Waals surface area (Å²) in [4.78, 5) is 14.1. The maximum Gasteiger partial charge on any atom is 0.246 e. The van der Waals surface area contributed by atoms with Crippen molar-refractivity contribution in [3.8, 4) is 5.69 Å². The number of benzene rings is 2. The summed E-state index contributed by atoms with van der Waals surface area (Å²) in [7, 11) is 1.77. The van der Waals surface area contributed by atoms with Crippen LogP contribution < -0.4 is 0 Å². The van der Waals surface area contributed by atoms with Crippen LogP contribution >= 0.6 is 11.6 Å². The topological polar surface area (TPSA) is 38.1 Å². The Kier molecular flexibility index (Phi) is 5.77. The van der Waals surface area contributed by atoms with Gasteiger partial charge in [0.1, 0.15) is 0 Å². The van der Waals surface area contributed by atoms with Crippen LogP contribution in [0, 0.1) is 13.8 Å². The fourth-order valence-electron chi connectivity index (χ4n) is 2.96. The number of rotatable bonds is 5. The van der Waals surface area contributed by atoms with Crippen LogP contribution in [0.5, 0.6) is 0 Å². The minimum absolute atomic E-state index is 0.0822. The van der Waals surface area contributed by atoms with Gasteiger partial charge in [-0.15, -0.1) is 0 Å². The zero-order valence-corrected chi connectivity index (χ0v) is 16.4. The quantitative estimate of drug-likeness (QED) is 0.596. The number of aryl methyl sites for hydroxylation is 1. The van der Waals surface area contributed by atoms with E-state index in [1.165, 1.54) is 0 Å². The van der Waals surface area contributed by atoms with Gasteiger partial charge in [-0.25, -0.2) is 4.68 Å². The molecule has 0 saturated heterocycles. The van der Waals surface area contributed by atoms with Gasteiger partial charge in [0.25, 0.3) is 0 Å². The third-order valence-corrected chi connectivity index (χ3v) is 4.85. The molecule has 0 N–H and O–H groups in total. The number of para-hydroxylation sites is 1. The van der Waals surface area contributed by atoms with E-state index in [0.717, 1.165) is 28.2 Å². The number of hydrogen-bond acceptors (Lipinski definition) is 2. The summed E-state index contributed by atoms with van der Waals surface area (Å²) in [6, 6.07) is 17.5. The molecule has 2 aromatic carbocycles. The van der Waals surface area contributed by atoms with E-state index >= 15 is 0 Å². The molecular weight excluding hydrogens is 358 g/mol. The molecule has 0 unspecified atom stereocenters. The van der Waals surface area contributed by atoms with Crippen molar-refractivity contribution in [2.75, 3.05) is 7.05 Å². The highest BCUT2D eigenvalue weighted by Gasteiger charge is 2.12. The van der Waals surface area contributed by atoms with E-state index in [2.05, 4.69) is 5.10 Å². The number of hydrogen-bond donors (Lipinski definition) is 0. The molecule has 1 amide bonds. The van der Waals surface area contributed by atoms with E-state index in [1.54, 1.807) is 18.0 Å². The Morgan fingerprint density at radius 2 is 1.78 bits per heavy atom. The lowest BCUT2D eigenvalue weighted by atomic mass is 10.1. The minimum Gasteiger partial charge on any atom is -0.338 e. The lowest BCUT2D eigenvalue weighted by Crippen LogP contribution is -2.24. The predicted molar refractivity (Wildman–Crippen MR) is 110 cm³/mol. The van der Waals surface area contributed by atoms with Gasteiger partial charge in [-0.2, -0.15) is 5.10 Å². The van der Waals surface area contributed by atoms with Gasteiger partial charge < -0.3 is 4.90 Å². The summed E-state index contributed by atoms with van der Waals surface area (Å²) in [5.41, 5.74) is 4.76. The molecule has 1 aromatic heterocycles. The molecule has 0 fully saturated rings. The maximum atomic E-state index is 12.5. The van der Waals surface area contributed by atoms with Gasteiger partial charge >= 0.3 is 0 Å². The number of likely N-dealkylation sites (N-methyl/N-ethyl adjacent to an activating group) is 1. The van der Waals surface area contributed by atoms with Gasteiger partial charge in [0.05, 0.1) is 11.4 Å². The molecule has 27 heavy (non-hydrogen) atoms. The molecule has 1 heterocycles. The average molecular weight is 380 g/mol. The van der Waals surface area contributed by atoms with Crippen LogP contribution in [0.25, 0.3) is 11.8 Å². The predicted octanol–water partition coefficient (Wildman–Crippen LogP) is 4.81. The third kappa shape index (κ3) is 4.29. The molecular formula is C22H22ClN3O. The second-order valence-electron chi connectivity index (χ2n) is 6.45. The average Bonchev–Trinajstić information content (AvgIpc) is 2.96. The molecule has 3 aromatic rings. The van der Waals surface area contributed by atoms with Crippen molar-refractivity contribution in [2.24, 2.45) is 0 Å². The molecule has 138 valence electrons. The Balaban J connectivity index is 1.77. The first kappa shape index (κ1) is 18.9. The van der Waals surface area contributed by atoms with Crippen LogP contribution in [0.1, 0.15) is 22.5 Å². The van der Waals surface area contributed by atoms with Crippen LogP contribution in [0.3, 0.4) is 0 Å². The van der Waals surface area contributed by atoms with Crippen LogP contribution in [0.4, 0.5) is 0 Å². The Labute approximate surface area is 164 Å². The summed E-state index contributed by atoms with van der Waals surface area (Å²) in [6.07, 6.45) is 3.42. The highest BCUT2D eigenvalue weighted by Crippen LogP contribution is 2.20. The number of nitrogens with zero attached hydrogens (tertiary/aromatic N) is 3. The van der Waals surface area contributed by atoms with Crippen LogP contribution in [-0.2, 0) is 11.3 Å².